The number of hydrogen-bond donors (Lipinski definition) is 3. The third-order valence-corrected chi connectivity index (χ3v) is 7.49. The lowest BCUT2D eigenvalue weighted by molar-refractivity contribution is -0.129. The maximum atomic E-state index is 12.9. The van der Waals surface area contributed by atoms with Crippen LogP contribution < -0.4 is 16.6 Å². The molecule has 8 nitrogen and oxygen atoms in total. The fourth-order valence-corrected chi connectivity index (χ4v) is 5.98. The quantitative estimate of drug-likeness (QED) is 0.584. The average molecular weight is 403 g/mol. The minimum atomic E-state index is -0.706. The summed E-state index contributed by atoms with van der Waals surface area (Å²) in [4.78, 5) is 37.8. The van der Waals surface area contributed by atoms with Crippen molar-refractivity contribution in [2.75, 3.05) is 5.32 Å². The van der Waals surface area contributed by atoms with Gasteiger partial charge in [0.05, 0.1) is 17.8 Å². The first-order valence-corrected chi connectivity index (χ1v) is 10.2. The Morgan fingerprint density at radius 3 is 2.48 bits per heavy atom. The maximum absolute atomic E-state index is 12.9. The zero-order valence-corrected chi connectivity index (χ0v) is 17.1. The minimum Gasteiger partial charge on any atom is -0.393 e. The molecule has 1 aromatic rings. The van der Waals surface area contributed by atoms with Crippen molar-refractivity contribution in [2.24, 2.45) is 37.3 Å². The first kappa shape index (κ1) is 20.1. The van der Waals surface area contributed by atoms with Crippen LogP contribution in [-0.4, -0.2) is 37.5 Å². The molecule has 158 valence electrons. The van der Waals surface area contributed by atoms with E-state index in [-0.39, 0.29) is 35.4 Å². The van der Waals surface area contributed by atoms with Gasteiger partial charge in [0, 0.05) is 20.0 Å². The third-order valence-electron chi connectivity index (χ3n) is 7.49. The summed E-state index contributed by atoms with van der Waals surface area (Å²) in [6.07, 6.45) is 1.30. The van der Waals surface area contributed by atoms with Crippen molar-refractivity contribution < 1.29 is 15.0 Å². The summed E-state index contributed by atoms with van der Waals surface area (Å²) in [5.41, 5.74) is 0.232. The van der Waals surface area contributed by atoms with Crippen molar-refractivity contribution in [2.45, 2.75) is 51.2 Å². The van der Waals surface area contributed by atoms with Crippen molar-refractivity contribution >= 4 is 11.7 Å². The maximum Gasteiger partial charge on any atom is 0.332 e. The Bertz CT molecular complexity index is 1010. The smallest absolute Gasteiger partial charge is 0.332 e. The number of aliphatic hydroxyl groups excluding tert-OH is 2. The highest BCUT2D eigenvalue weighted by molar-refractivity contribution is 5.95. The zero-order chi connectivity index (χ0) is 21.2. The third kappa shape index (κ3) is 3.00. The molecule has 2 aliphatic carbocycles. The number of fused-ring (bicyclic) bond motifs is 2. The molecule has 1 aliphatic heterocycles. The molecule has 2 saturated carbocycles. The zero-order valence-electron chi connectivity index (χ0n) is 17.1. The van der Waals surface area contributed by atoms with Crippen molar-refractivity contribution in [1.82, 2.24) is 9.13 Å². The number of aliphatic hydroxyl groups is 2. The lowest BCUT2D eigenvalue weighted by Crippen LogP contribution is -2.53. The molecular weight excluding hydrogens is 374 g/mol. The Morgan fingerprint density at radius 2 is 1.79 bits per heavy atom. The van der Waals surface area contributed by atoms with Gasteiger partial charge >= 0.3 is 5.69 Å². The molecule has 8 heteroatoms. The van der Waals surface area contributed by atoms with Crippen LogP contribution >= 0.6 is 0 Å². The molecule has 1 aromatic heterocycles. The van der Waals surface area contributed by atoms with Crippen LogP contribution in [0.5, 0.6) is 0 Å². The van der Waals surface area contributed by atoms with Gasteiger partial charge in [0.1, 0.15) is 5.82 Å². The molecule has 2 heterocycles. The Hall–Kier alpha value is -2.19. The number of nitrogens with one attached hydrogen (secondary N) is 1. The van der Waals surface area contributed by atoms with E-state index in [2.05, 4.69) is 18.8 Å². The van der Waals surface area contributed by atoms with Crippen LogP contribution in [0.15, 0.2) is 21.7 Å². The molecule has 0 bridgehead atoms. The van der Waals surface area contributed by atoms with Gasteiger partial charge in [-0.2, -0.15) is 0 Å². The van der Waals surface area contributed by atoms with Crippen molar-refractivity contribution in [3.05, 3.63) is 38.6 Å². The summed E-state index contributed by atoms with van der Waals surface area (Å²) in [5, 5.41) is 23.9. The van der Waals surface area contributed by atoms with Crippen molar-refractivity contribution in [3.8, 4) is 0 Å². The van der Waals surface area contributed by atoms with Gasteiger partial charge in [0.15, 0.2) is 0 Å². The normalized spacial score (nSPS) is 36.9. The molecule has 0 radical (unpaired) electrons. The van der Waals surface area contributed by atoms with E-state index < -0.39 is 29.4 Å². The van der Waals surface area contributed by atoms with Gasteiger partial charge in [-0.1, -0.05) is 19.1 Å². The van der Waals surface area contributed by atoms with Gasteiger partial charge in [-0.3, -0.25) is 18.7 Å². The first-order chi connectivity index (χ1) is 13.5. The molecule has 6 atom stereocenters. The molecule has 29 heavy (non-hydrogen) atoms. The Labute approximate surface area is 168 Å². The van der Waals surface area contributed by atoms with Crippen molar-refractivity contribution in [3.63, 3.8) is 0 Å². The number of aromatic nitrogens is 2. The van der Waals surface area contributed by atoms with Crippen LogP contribution in [0.25, 0.3) is 0 Å². The SMILES string of the molecule is C=C1C[C@H](O)C[C@]2(C)C[C@@H](O)[C@@H]([C@@H]3Cc4c(n(C)c(=O)n(C)c4=O)NC3=O)C[C@@H]12. The second-order valence-corrected chi connectivity index (χ2v) is 9.43. The lowest BCUT2D eigenvalue weighted by atomic mass is 9.54. The minimum absolute atomic E-state index is 0.122. The van der Waals surface area contributed by atoms with Crippen molar-refractivity contribution in [1.29, 1.82) is 0 Å². The van der Waals surface area contributed by atoms with Gasteiger partial charge in [0.2, 0.25) is 5.91 Å². The molecule has 3 N–H and O–H groups in total. The second kappa shape index (κ2) is 6.67. The number of amides is 1. The predicted molar refractivity (Wildman–Crippen MR) is 107 cm³/mol. The number of rotatable bonds is 1. The van der Waals surface area contributed by atoms with Gasteiger partial charge in [-0.05, 0) is 49.4 Å². The van der Waals surface area contributed by atoms with E-state index in [0.717, 1.165) is 10.1 Å². The van der Waals surface area contributed by atoms with E-state index in [1.807, 2.05) is 0 Å². The average Bonchev–Trinajstić information content (AvgIpc) is 2.63. The molecule has 4 rings (SSSR count). The summed E-state index contributed by atoms with van der Waals surface area (Å²) in [6.45, 7) is 6.24. The van der Waals surface area contributed by atoms with Crippen LogP contribution in [-0.2, 0) is 25.3 Å². The molecule has 0 unspecified atom stereocenters. The van der Waals surface area contributed by atoms with E-state index in [1.165, 1.54) is 18.7 Å². The van der Waals surface area contributed by atoms with Crippen LogP contribution in [0.2, 0.25) is 0 Å². The Kier molecular flexibility index (Phi) is 4.62. The Morgan fingerprint density at radius 1 is 1.10 bits per heavy atom. The number of carbonyl (C=O) groups is 1. The number of hydrogen-bond acceptors (Lipinski definition) is 5. The van der Waals surface area contributed by atoms with E-state index in [0.29, 0.717) is 31.2 Å². The molecule has 1 amide bonds. The highest BCUT2D eigenvalue weighted by Gasteiger charge is 2.52. The summed E-state index contributed by atoms with van der Waals surface area (Å²) in [5.74, 6) is -0.756. The van der Waals surface area contributed by atoms with Gasteiger partial charge in [0.25, 0.3) is 5.56 Å². The summed E-state index contributed by atoms with van der Waals surface area (Å²) < 4.78 is 2.33. The van der Waals surface area contributed by atoms with Crippen LogP contribution in [0, 0.1) is 23.2 Å². The molecule has 3 aliphatic rings. The van der Waals surface area contributed by atoms with E-state index in [9.17, 15) is 24.6 Å². The van der Waals surface area contributed by atoms with Crippen LogP contribution in [0.3, 0.4) is 0 Å². The molecular formula is C21H29N3O5. The molecule has 0 aromatic carbocycles. The number of anilines is 1. The molecule has 0 saturated heterocycles. The largest absolute Gasteiger partial charge is 0.393 e. The van der Waals surface area contributed by atoms with E-state index in [1.54, 1.807) is 0 Å². The molecule has 2 fully saturated rings. The molecule has 0 spiro atoms. The summed E-state index contributed by atoms with van der Waals surface area (Å²) >= 11 is 0. The van der Waals surface area contributed by atoms with Gasteiger partial charge < -0.3 is 15.5 Å². The second-order valence-electron chi connectivity index (χ2n) is 9.43. The highest BCUT2D eigenvalue weighted by atomic mass is 16.3. The van der Waals surface area contributed by atoms with Crippen LogP contribution in [0.4, 0.5) is 5.82 Å². The standard InChI is InChI=1S/C21H29N3O5/c1-10-5-11(25)8-21(2)9-16(26)12(7-15(10)21)13-6-14-17(22-18(13)27)23(3)20(29)24(4)19(14)28/h11-13,15-16,25-26H,1,5-9H2,2-4H3,(H,22,27)/t11-,12+,13-,15-,16+,21+/m0/s1. The van der Waals surface area contributed by atoms with Gasteiger partial charge in [-0.25, -0.2) is 4.79 Å². The lowest BCUT2D eigenvalue weighted by Gasteiger charge is -2.53. The summed E-state index contributed by atoms with van der Waals surface area (Å²) in [6, 6.07) is 0. The first-order valence-electron chi connectivity index (χ1n) is 10.2. The fourth-order valence-electron chi connectivity index (χ4n) is 5.98. The highest BCUT2D eigenvalue weighted by Crippen LogP contribution is 2.55. The fraction of sp³-hybridized carbons (Fsp3) is 0.667. The topological polar surface area (TPSA) is 114 Å². The number of nitrogens with zero attached hydrogens (tertiary/aromatic N) is 2. The van der Waals surface area contributed by atoms with Gasteiger partial charge in [-0.15, -0.1) is 0 Å². The monoisotopic (exact) mass is 403 g/mol. The predicted octanol–water partition coefficient (Wildman–Crippen LogP) is 0.299. The Balaban J connectivity index is 1.68. The van der Waals surface area contributed by atoms with E-state index >= 15 is 0 Å². The van der Waals surface area contributed by atoms with E-state index in [4.69, 9.17) is 0 Å². The summed E-state index contributed by atoms with van der Waals surface area (Å²) in [7, 11) is 2.95. The van der Waals surface area contributed by atoms with Crippen LogP contribution in [0.1, 0.15) is 38.2 Å². The number of carbonyl (C=O) groups excluding carboxylic acids is 1.